The van der Waals surface area contributed by atoms with E-state index in [9.17, 15) is 9.59 Å². The van der Waals surface area contributed by atoms with Crippen LogP contribution in [0.15, 0.2) is 86.1 Å². The van der Waals surface area contributed by atoms with Crippen molar-refractivity contribution in [3.8, 4) is 0 Å². The van der Waals surface area contributed by atoms with Gasteiger partial charge >= 0.3 is 0 Å². The molecule has 0 saturated carbocycles. The minimum absolute atomic E-state index is 0.305. The number of hydrogen-bond donors (Lipinski definition) is 0. The highest BCUT2D eigenvalue weighted by atomic mass is 16.2. The molecule has 128 valence electrons. The van der Waals surface area contributed by atoms with Crippen LogP contribution in [0.4, 0.5) is 5.82 Å². The molecule has 0 radical (unpaired) electrons. The Morgan fingerprint density at radius 3 is 2.46 bits per heavy atom. The molecule has 5 nitrogen and oxygen atoms in total. The maximum atomic E-state index is 12.6. The summed E-state index contributed by atoms with van der Waals surface area (Å²) >= 11 is 0. The molecule has 1 amide bonds. The Balaban J connectivity index is 2.26. The zero-order valence-electron chi connectivity index (χ0n) is 14.1. The van der Waals surface area contributed by atoms with E-state index in [1.165, 1.54) is 11.0 Å². The van der Waals surface area contributed by atoms with E-state index in [-0.39, 0.29) is 0 Å². The summed E-state index contributed by atoms with van der Waals surface area (Å²) in [5.74, 6) is -0.176. The zero-order valence-corrected chi connectivity index (χ0v) is 14.1. The van der Waals surface area contributed by atoms with Crippen molar-refractivity contribution in [2.24, 2.45) is 0 Å². The second kappa shape index (κ2) is 7.11. The van der Waals surface area contributed by atoms with Gasteiger partial charge in [-0.15, -0.1) is 0 Å². The van der Waals surface area contributed by atoms with Crippen LogP contribution < -0.4 is 4.90 Å². The Morgan fingerprint density at radius 1 is 1.04 bits per heavy atom. The van der Waals surface area contributed by atoms with Crippen LogP contribution in [0, 0.1) is 0 Å². The van der Waals surface area contributed by atoms with E-state index in [0.29, 0.717) is 23.3 Å². The molecule has 0 fully saturated rings. The Kier molecular flexibility index (Phi) is 4.71. The van der Waals surface area contributed by atoms with Gasteiger partial charge in [0.25, 0.3) is 5.91 Å². The van der Waals surface area contributed by atoms with Gasteiger partial charge in [0.15, 0.2) is 11.8 Å². The zero-order chi connectivity index (χ0) is 18.6. The minimum atomic E-state index is -1.51. The fourth-order valence-electron chi connectivity index (χ4n) is 2.82. The van der Waals surface area contributed by atoms with E-state index in [2.05, 4.69) is 23.1 Å². The Bertz CT molecular complexity index is 975. The first-order valence-electron chi connectivity index (χ1n) is 8.00. The Labute approximate surface area is 151 Å². The third kappa shape index (κ3) is 2.80. The number of anilines is 1. The van der Waals surface area contributed by atoms with Gasteiger partial charge in [0.1, 0.15) is 5.82 Å². The monoisotopic (exact) mass is 343 g/mol. The lowest BCUT2D eigenvalue weighted by atomic mass is 9.92. The number of fused-ring (bicyclic) bond motifs is 1. The quantitative estimate of drug-likeness (QED) is 0.391. The number of aldehydes is 1. The van der Waals surface area contributed by atoms with Gasteiger partial charge in [-0.3, -0.25) is 14.5 Å². The van der Waals surface area contributed by atoms with E-state index in [0.717, 1.165) is 11.5 Å². The van der Waals surface area contributed by atoms with Crippen LogP contribution in [0.5, 0.6) is 0 Å². The summed E-state index contributed by atoms with van der Waals surface area (Å²) in [5, 5.41) is 0.930. The molecule has 1 aromatic carbocycles. The van der Waals surface area contributed by atoms with Crippen LogP contribution in [0.1, 0.15) is 5.69 Å². The number of rotatable bonds is 6. The smallest absolute Gasteiger partial charge is 0.253 e. The summed E-state index contributed by atoms with van der Waals surface area (Å²) in [6.07, 6.45) is 4.73. The number of aromatic nitrogens is 2. The topological polar surface area (TPSA) is 63.2 Å². The van der Waals surface area contributed by atoms with E-state index in [1.54, 1.807) is 30.5 Å². The first-order valence-corrected chi connectivity index (χ1v) is 8.00. The van der Waals surface area contributed by atoms with Gasteiger partial charge in [-0.2, -0.15) is 0 Å². The summed E-state index contributed by atoms with van der Waals surface area (Å²) in [7, 11) is 0. The maximum Gasteiger partial charge on any atom is 0.253 e. The standard InChI is InChI=1S/C21H17N3O2/c1-3-20(26)24(19-11-7-8-14-22-19)21(4-2,15-25)18-13-12-16-9-5-6-10-17(16)23-18/h3-15H,1-2H2. The van der Waals surface area contributed by atoms with Gasteiger partial charge in [0, 0.05) is 11.6 Å². The number of hydrogen-bond acceptors (Lipinski definition) is 4. The highest BCUT2D eigenvalue weighted by Gasteiger charge is 2.41. The summed E-state index contributed by atoms with van der Waals surface area (Å²) in [6, 6.07) is 16.2. The van der Waals surface area contributed by atoms with Gasteiger partial charge in [-0.05, 0) is 30.3 Å². The molecular formula is C21H17N3O2. The van der Waals surface area contributed by atoms with E-state index >= 15 is 0 Å². The van der Waals surface area contributed by atoms with E-state index in [4.69, 9.17) is 0 Å². The lowest BCUT2D eigenvalue weighted by Crippen LogP contribution is -2.50. The molecule has 5 heteroatoms. The molecule has 0 aliphatic carbocycles. The number of pyridine rings is 2. The first-order chi connectivity index (χ1) is 12.7. The summed E-state index contributed by atoms with van der Waals surface area (Å²) in [6.45, 7) is 7.34. The molecule has 2 aromatic heterocycles. The van der Waals surface area contributed by atoms with E-state index < -0.39 is 11.4 Å². The van der Waals surface area contributed by atoms with Gasteiger partial charge in [-0.25, -0.2) is 9.97 Å². The number of benzene rings is 1. The average Bonchev–Trinajstić information content (AvgIpc) is 2.72. The molecule has 26 heavy (non-hydrogen) atoms. The van der Waals surface area contributed by atoms with Gasteiger partial charge in [0.05, 0.1) is 11.2 Å². The van der Waals surface area contributed by atoms with E-state index in [1.807, 2.05) is 30.3 Å². The molecule has 0 aliphatic rings. The number of para-hydroxylation sites is 1. The molecule has 3 aromatic rings. The van der Waals surface area contributed by atoms with Gasteiger partial charge in [-0.1, -0.05) is 49.6 Å². The van der Waals surface area contributed by atoms with Crippen molar-refractivity contribution in [3.05, 3.63) is 91.8 Å². The summed E-state index contributed by atoms with van der Waals surface area (Å²) in [4.78, 5) is 35.0. The predicted molar refractivity (Wildman–Crippen MR) is 102 cm³/mol. The van der Waals surface area contributed by atoms with Crippen molar-refractivity contribution in [1.29, 1.82) is 0 Å². The number of nitrogens with zero attached hydrogens (tertiary/aromatic N) is 3. The van der Waals surface area contributed by atoms with Crippen molar-refractivity contribution in [2.45, 2.75) is 5.54 Å². The van der Waals surface area contributed by atoms with Crippen LogP contribution in [-0.4, -0.2) is 22.2 Å². The van der Waals surface area contributed by atoms with Gasteiger partial charge in [0.2, 0.25) is 0 Å². The van der Waals surface area contributed by atoms with Crippen molar-refractivity contribution >= 4 is 28.9 Å². The second-order valence-electron chi connectivity index (χ2n) is 5.60. The average molecular weight is 343 g/mol. The number of amides is 1. The molecule has 0 bridgehead atoms. The van der Waals surface area contributed by atoms with Crippen LogP contribution in [0.3, 0.4) is 0 Å². The highest BCUT2D eigenvalue weighted by Crippen LogP contribution is 2.32. The number of carbonyl (C=O) groups is 2. The molecule has 1 atom stereocenters. The van der Waals surface area contributed by atoms with Gasteiger partial charge < -0.3 is 0 Å². The lowest BCUT2D eigenvalue weighted by molar-refractivity contribution is -0.119. The Hall–Kier alpha value is -3.60. The third-order valence-electron chi connectivity index (χ3n) is 4.14. The van der Waals surface area contributed by atoms with Crippen LogP contribution in [0.2, 0.25) is 0 Å². The fourth-order valence-corrected chi connectivity index (χ4v) is 2.82. The summed E-state index contributed by atoms with van der Waals surface area (Å²) < 4.78 is 0. The predicted octanol–water partition coefficient (Wildman–Crippen LogP) is 3.43. The molecule has 0 aliphatic heterocycles. The lowest BCUT2D eigenvalue weighted by Gasteiger charge is -2.36. The number of carbonyl (C=O) groups excluding carboxylic acids is 2. The molecule has 0 spiro atoms. The van der Waals surface area contributed by atoms with Crippen molar-refractivity contribution < 1.29 is 9.59 Å². The van der Waals surface area contributed by atoms with Crippen LogP contribution >= 0.6 is 0 Å². The third-order valence-corrected chi connectivity index (χ3v) is 4.14. The molecule has 0 saturated heterocycles. The summed E-state index contributed by atoms with van der Waals surface area (Å²) in [5.41, 5.74) is -0.420. The van der Waals surface area contributed by atoms with Crippen molar-refractivity contribution in [1.82, 2.24) is 9.97 Å². The minimum Gasteiger partial charge on any atom is -0.300 e. The molecule has 1 unspecified atom stereocenters. The van der Waals surface area contributed by atoms with Crippen LogP contribution in [-0.2, 0) is 15.1 Å². The molecule has 0 N–H and O–H groups in total. The van der Waals surface area contributed by atoms with Crippen LogP contribution in [0.25, 0.3) is 10.9 Å². The van der Waals surface area contributed by atoms with Crippen molar-refractivity contribution in [2.75, 3.05) is 4.90 Å². The first kappa shape index (κ1) is 17.2. The second-order valence-corrected chi connectivity index (χ2v) is 5.60. The largest absolute Gasteiger partial charge is 0.300 e. The molecular weight excluding hydrogens is 326 g/mol. The highest BCUT2D eigenvalue weighted by molar-refractivity contribution is 6.05. The van der Waals surface area contributed by atoms with Crippen molar-refractivity contribution in [3.63, 3.8) is 0 Å². The maximum absolute atomic E-state index is 12.6. The molecule has 3 rings (SSSR count). The molecule has 2 heterocycles. The fraction of sp³-hybridized carbons (Fsp3) is 0.0476. The Morgan fingerprint density at radius 2 is 1.81 bits per heavy atom. The SMILES string of the molecule is C=CC(=O)N(c1ccccn1)C(C=C)(C=O)c1ccc2ccccc2n1. The normalized spacial score (nSPS) is 12.8.